The second kappa shape index (κ2) is 7.05. The van der Waals surface area contributed by atoms with Gasteiger partial charge in [0.2, 0.25) is 0 Å². The van der Waals surface area contributed by atoms with Crippen LogP contribution in [0.5, 0.6) is 5.75 Å². The zero-order valence-electron chi connectivity index (χ0n) is 13.8. The molecule has 3 rings (SSSR count). The predicted octanol–water partition coefficient (Wildman–Crippen LogP) is 0.539. The number of carboxylic acids is 1. The molecule has 0 radical (unpaired) electrons. The van der Waals surface area contributed by atoms with E-state index in [9.17, 15) is 14.7 Å². The minimum absolute atomic E-state index is 0.0146. The van der Waals surface area contributed by atoms with Crippen molar-refractivity contribution in [1.82, 2.24) is 9.78 Å². The number of benzene rings is 2. The van der Waals surface area contributed by atoms with Crippen molar-refractivity contribution in [3.8, 4) is 11.4 Å². The molecule has 7 heteroatoms. The lowest BCUT2D eigenvalue weighted by molar-refractivity contribution is -0.255. The molecule has 6 nitrogen and oxygen atoms in total. The Bertz CT molecular complexity index is 1160. The number of rotatable bonds is 4. The monoisotopic (exact) mass is 413 g/mol. The molecule has 0 spiro atoms. The summed E-state index contributed by atoms with van der Waals surface area (Å²) in [6.07, 6.45) is 1.70. The molecule has 0 aliphatic heterocycles. The molecule has 26 heavy (non-hydrogen) atoms. The van der Waals surface area contributed by atoms with Gasteiger partial charge in [-0.15, -0.1) is 0 Å². The Morgan fingerprint density at radius 2 is 2.08 bits per heavy atom. The number of carbonyl (C=O) groups excluding carboxylic acids is 1. The van der Waals surface area contributed by atoms with Gasteiger partial charge in [-0.3, -0.25) is 9.89 Å². The zero-order valence-corrected chi connectivity index (χ0v) is 15.4. The van der Waals surface area contributed by atoms with Crippen molar-refractivity contribution in [3.63, 3.8) is 0 Å². The summed E-state index contributed by atoms with van der Waals surface area (Å²) in [5.41, 5.74) is 0.822. The Balaban J connectivity index is 2.14. The molecule has 0 bridgehead atoms. The standard InChI is InChI=1S/C19H15BrN2O4/c1-11-15(8-12-6-7-17(26-2)16(20)9-12)18(23)22(21-11)14-5-3-4-13(10-14)19(24)25/h3-10,21H,1H2,2H3,(H,24,25)/p-1/b15-8-. The Morgan fingerprint density at radius 1 is 1.31 bits per heavy atom. The van der Waals surface area contributed by atoms with E-state index in [0.29, 0.717) is 22.0 Å². The van der Waals surface area contributed by atoms with Crippen LogP contribution in [0.1, 0.15) is 15.9 Å². The third-order valence-electron chi connectivity index (χ3n) is 3.83. The van der Waals surface area contributed by atoms with Gasteiger partial charge in [0.05, 0.1) is 33.8 Å². The van der Waals surface area contributed by atoms with Crippen molar-refractivity contribution in [2.45, 2.75) is 0 Å². The highest BCUT2D eigenvalue weighted by Gasteiger charge is 2.07. The predicted molar refractivity (Wildman–Crippen MR) is 99.8 cm³/mol. The molecule has 0 unspecified atom stereocenters. The Morgan fingerprint density at radius 3 is 2.73 bits per heavy atom. The van der Waals surface area contributed by atoms with Crippen LogP contribution in [0.3, 0.4) is 0 Å². The summed E-state index contributed by atoms with van der Waals surface area (Å²) in [5, 5.41) is 14.7. The minimum Gasteiger partial charge on any atom is -0.545 e. The number of nitrogens with one attached hydrogen (secondary N) is 1. The van der Waals surface area contributed by atoms with E-state index in [-0.39, 0.29) is 11.1 Å². The van der Waals surface area contributed by atoms with E-state index >= 15 is 0 Å². The van der Waals surface area contributed by atoms with Crippen LogP contribution >= 0.6 is 15.9 Å². The molecule has 132 valence electrons. The van der Waals surface area contributed by atoms with Gasteiger partial charge in [0, 0.05) is 0 Å². The van der Waals surface area contributed by atoms with Crippen LogP contribution in [0, 0.1) is 0 Å². The summed E-state index contributed by atoms with van der Waals surface area (Å²) >= 11 is 3.41. The number of ether oxygens (including phenoxy) is 1. The third-order valence-corrected chi connectivity index (χ3v) is 4.45. The number of carboxylic acid groups (broad SMARTS) is 1. The van der Waals surface area contributed by atoms with E-state index in [1.54, 1.807) is 31.4 Å². The number of aromatic amines is 1. The zero-order chi connectivity index (χ0) is 18.8. The fraction of sp³-hybridized carbons (Fsp3) is 0.0526. The van der Waals surface area contributed by atoms with Gasteiger partial charge in [-0.25, -0.2) is 4.68 Å². The van der Waals surface area contributed by atoms with E-state index in [1.807, 2.05) is 12.1 Å². The maximum atomic E-state index is 12.7. The van der Waals surface area contributed by atoms with Crippen molar-refractivity contribution in [1.29, 1.82) is 0 Å². The molecule has 0 fully saturated rings. The third kappa shape index (κ3) is 3.34. The highest BCUT2D eigenvalue weighted by molar-refractivity contribution is 9.10. The fourth-order valence-electron chi connectivity index (χ4n) is 2.54. The van der Waals surface area contributed by atoms with Gasteiger partial charge in [0.25, 0.3) is 5.56 Å². The molecule has 0 amide bonds. The van der Waals surface area contributed by atoms with Crippen molar-refractivity contribution in [2.24, 2.45) is 0 Å². The van der Waals surface area contributed by atoms with Gasteiger partial charge in [0.1, 0.15) is 5.75 Å². The van der Waals surface area contributed by atoms with Gasteiger partial charge < -0.3 is 14.6 Å². The average molecular weight is 414 g/mol. The first-order chi connectivity index (χ1) is 12.4. The normalized spacial score (nSPS) is 11.5. The molecule has 0 aliphatic carbocycles. The molecule has 0 aliphatic rings. The second-order valence-electron chi connectivity index (χ2n) is 5.52. The number of aromatic carboxylic acids is 1. The van der Waals surface area contributed by atoms with Crippen molar-refractivity contribution >= 4 is 34.6 Å². The van der Waals surface area contributed by atoms with Gasteiger partial charge in [0.15, 0.2) is 0 Å². The van der Waals surface area contributed by atoms with Gasteiger partial charge in [-0.2, -0.15) is 0 Å². The number of halogens is 1. The Kier molecular flexibility index (Phi) is 4.81. The number of carbonyl (C=O) groups is 1. The van der Waals surface area contributed by atoms with Gasteiger partial charge in [-0.05, 0) is 57.4 Å². The van der Waals surface area contributed by atoms with Gasteiger partial charge in [-0.1, -0.05) is 24.8 Å². The molecule has 1 aromatic heterocycles. The first-order valence-electron chi connectivity index (χ1n) is 7.57. The average Bonchev–Trinajstić information content (AvgIpc) is 2.90. The highest BCUT2D eigenvalue weighted by atomic mass is 79.9. The molecule has 1 heterocycles. The summed E-state index contributed by atoms with van der Waals surface area (Å²) < 4.78 is 7.20. The quantitative estimate of drug-likeness (QED) is 0.675. The summed E-state index contributed by atoms with van der Waals surface area (Å²) in [5.74, 6) is -0.626. The maximum Gasteiger partial charge on any atom is 0.279 e. The summed E-state index contributed by atoms with van der Waals surface area (Å²) in [6.45, 7) is 3.86. The first kappa shape index (κ1) is 17.8. The van der Waals surface area contributed by atoms with Crippen LogP contribution in [-0.4, -0.2) is 22.9 Å². The van der Waals surface area contributed by atoms with Crippen LogP contribution in [0.25, 0.3) is 18.3 Å². The number of hydrogen-bond acceptors (Lipinski definition) is 4. The number of nitrogens with zero attached hydrogens (tertiary/aromatic N) is 1. The smallest absolute Gasteiger partial charge is 0.279 e. The van der Waals surface area contributed by atoms with E-state index in [0.717, 1.165) is 10.0 Å². The molecular formula is C19H14BrN2O4-. The first-order valence-corrected chi connectivity index (χ1v) is 8.37. The lowest BCUT2D eigenvalue weighted by Gasteiger charge is -2.05. The van der Waals surface area contributed by atoms with Crippen LogP contribution in [0.2, 0.25) is 0 Å². The fourth-order valence-corrected chi connectivity index (χ4v) is 3.10. The maximum absolute atomic E-state index is 12.7. The molecule has 3 aromatic rings. The van der Waals surface area contributed by atoms with Gasteiger partial charge >= 0.3 is 0 Å². The van der Waals surface area contributed by atoms with Crippen molar-refractivity contribution < 1.29 is 14.6 Å². The topological polar surface area (TPSA) is 87.1 Å². The van der Waals surface area contributed by atoms with E-state index in [1.165, 1.54) is 16.8 Å². The van der Waals surface area contributed by atoms with Crippen LogP contribution in [0.15, 0.2) is 51.7 Å². The minimum atomic E-state index is -1.31. The summed E-state index contributed by atoms with van der Waals surface area (Å²) in [4.78, 5) is 23.8. The number of H-pyrrole nitrogens is 1. The Hall–Kier alpha value is -3.06. The molecule has 0 saturated heterocycles. The number of methoxy groups -OCH3 is 1. The number of aromatic nitrogens is 2. The van der Waals surface area contributed by atoms with Crippen molar-refractivity contribution in [2.75, 3.05) is 7.11 Å². The van der Waals surface area contributed by atoms with Crippen molar-refractivity contribution in [3.05, 3.63) is 79.0 Å². The largest absolute Gasteiger partial charge is 0.545 e. The SMILES string of the molecule is C=c1[nH]n(-c2cccc(C(=O)[O-])c2)c(=O)/c1=C\c1ccc(OC)c(Br)c1. The molecular weight excluding hydrogens is 400 g/mol. The van der Waals surface area contributed by atoms with Crippen LogP contribution < -0.4 is 26.0 Å². The van der Waals surface area contributed by atoms with E-state index < -0.39 is 5.97 Å². The van der Waals surface area contributed by atoms with Crippen LogP contribution in [-0.2, 0) is 0 Å². The highest BCUT2D eigenvalue weighted by Crippen LogP contribution is 2.25. The Labute approximate surface area is 156 Å². The lowest BCUT2D eigenvalue weighted by atomic mass is 10.2. The molecule has 0 saturated carbocycles. The second-order valence-corrected chi connectivity index (χ2v) is 6.38. The molecule has 2 aromatic carbocycles. The van der Waals surface area contributed by atoms with E-state index in [2.05, 4.69) is 27.6 Å². The van der Waals surface area contributed by atoms with E-state index in [4.69, 9.17) is 4.74 Å². The summed E-state index contributed by atoms with van der Waals surface area (Å²) in [6, 6.07) is 11.4. The number of hydrogen-bond donors (Lipinski definition) is 1. The van der Waals surface area contributed by atoms with Crippen LogP contribution in [0.4, 0.5) is 0 Å². The lowest BCUT2D eigenvalue weighted by Crippen LogP contribution is -2.34. The summed E-state index contributed by atoms with van der Waals surface area (Å²) in [7, 11) is 1.57. The molecule has 1 N–H and O–H groups in total. The molecule has 0 atom stereocenters.